The smallest absolute Gasteiger partial charge is 0.416 e. The molecule has 3 aliphatic heterocycles. The van der Waals surface area contributed by atoms with Gasteiger partial charge in [-0.15, -0.1) is 10.2 Å². The Morgan fingerprint density at radius 2 is 1.09 bits per heavy atom. The summed E-state index contributed by atoms with van der Waals surface area (Å²) in [4.78, 5) is 95.9. The first-order valence-electron chi connectivity index (χ1n) is 28.4. The van der Waals surface area contributed by atoms with Crippen molar-refractivity contribution in [3.63, 3.8) is 0 Å². The van der Waals surface area contributed by atoms with Gasteiger partial charge in [0.05, 0.1) is 57.1 Å². The Balaban J connectivity index is 0.000000232. The highest BCUT2D eigenvalue weighted by Crippen LogP contribution is 2.36. The molecule has 2 aromatic carbocycles. The average Bonchev–Trinajstić information content (AvgIpc) is 2.13. The lowest BCUT2D eigenvalue weighted by atomic mass is 10.1. The van der Waals surface area contributed by atoms with E-state index in [1.54, 1.807) is 55.9 Å². The molecule has 2 N–H and O–H groups in total. The fourth-order valence-electron chi connectivity index (χ4n) is 10.5. The van der Waals surface area contributed by atoms with Crippen LogP contribution in [0, 0.1) is 0 Å². The summed E-state index contributed by atoms with van der Waals surface area (Å²) in [6, 6.07) is 4.71. The maximum absolute atomic E-state index is 14.2. The van der Waals surface area contributed by atoms with Gasteiger partial charge in [-0.3, -0.25) is 19.2 Å². The highest BCUT2D eigenvalue weighted by atomic mass is 79.9. The number of hydrogen-bond acceptors (Lipinski definition) is 15. The van der Waals surface area contributed by atoms with E-state index in [0.717, 1.165) is 46.5 Å². The molecule has 89 heavy (non-hydrogen) atoms. The number of benzene rings is 2. The molecule has 2 saturated heterocycles. The third-order valence-electron chi connectivity index (χ3n) is 14.4. The van der Waals surface area contributed by atoms with Gasteiger partial charge < -0.3 is 53.6 Å². The van der Waals surface area contributed by atoms with Gasteiger partial charge in [0.25, 0.3) is 11.1 Å². The van der Waals surface area contributed by atoms with Gasteiger partial charge in [0, 0.05) is 51.4 Å². The molecule has 7 heterocycles. The van der Waals surface area contributed by atoms with Crippen molar-refractivity contribution in [2.45, 2.75) is 137 Å². The molecule has 0 spiro atoms. The van der Waals surface area contributed by atoms with Crippen LogP contribution in [0.3, 0.4) is 0 Å². The predicted octanol–water partition coefficient (Wildman–Crippen LogP) is 9.99. The van der Waals surface area contributed by atoms with Crippen LogP contribution in [0.15, 0.2) is 56.8 Å². The van der Waals surface area contributed by atoms with E-state index in [0.29, 0.717) is 93.8 Å². The summed E-state index contributed by atoms with van der Waals surface area (Å²) in [6.45, 7) is 20.1. The highest BCUT2D eigenvalue weighted by Gasteiger charge is 2.38. The van der Waals surface area contributed by atoms with E-state index in [2.05, 4.69) is 46.7 Å². The van der Waals surface area contributed by atoms with Crippen molar-refractivity contribution in [1.29, 1.82) is 0 Å². The Morgan fingerprint density at radius 1 is 0.663 bits per heavy atom. The lowest BCUT2D eigenvalue weighted by Gasteiger charge is -2.41. The zero-order chi connectivity index (χ0) is 65.4. The number of anilines is 4. The van der Waals surface area contributed by atoms with Gasteiger partial charge in [-0.05, 0) is 133 Å². The second-order valence-corrected chi connectivity index (χ2v) is 24.8. The molecule has 0 bridgehead atoms. The minimum absolute atomic E-state index is 0.000427. The van der Waals surface area contributed by atoms with Crippen LogP contribution in [-0.4, -0.2) is 148 Å². The van der Waals surface area contributed by atoms with Crippen molar-refractivity contribution >= 4 is 103 Å². The molecule has 4 amide bonds. The third-order valence-corrected chi connectivity index (χ3v) is 15.4. The van der Waals surface area contributed by atoms with E-state index in [-0.39, 0.29) is 69.4 Å². The minimum Gasteiger partial charge on any atom is -0.444 e. The molecule has 0 saturated carbocycles. The zero-order valence-electron chi connectivity index (χ0n) is 50.3. The van der Waals surface area contributed by atoms with Crippen LogP contribution in [0.5, 0.6) is 0 Å². The number of halogens is 9. The molecular weight excluding hydrogens is 1290 g/mol. The SMILES string of the molecule is CCc1c(N2CCN(C(=O)OC(C)(C)C)C[C@H]2C)c(=O)n2nc(Br)nc2n1CC(=O)Nc1ccc(C(F)(F)F)cc1Cl.CCc1c(N2CCN(C(=O)OC(C)(C)C)C[C@H]2C)c(=O)n2nc(C3=CCOCC3)nc2n1CC(=O)Nc1ccc(C(F)(F)F)cc1Cl. The molecule has 0 aliphatic carbocycles. The molecule has 6 aromatic rings. The summed E-state index contributed by atoms with van der Waals surface area (Å²) >= 11 is 15.3. The van der Waals surface area contributed by atoms with E-state index in [9.17, 15) is 55.1 Å². The number of piperazine rings is 2. The van der Waals surface area contributed by atoms with Crippen LogP contribution in [-0.2, 0) is 62.1 Å². The van der Waals surface area contributed by atoms with Gasteiger partial charge >= 0.3 is 24.5 Å². The van der Waals surface area contributed by atoms with Gasteiger partial charge in [-0.25, -0.2) is 9.59 Å². The van der Waals surface area contributed by atoms with Crippen LogP contribution >= 0.6 is 39.1 Å². The summed E-state index contributed by atoms with van der Waals surface area (Å²) in [5.74, 6) is -0.652. The first-order valence-corrected chi connectivity index (χ1v) is 29.9. The fraction of sp³-hybridized carbons (Fsp3) is 0.509. The van der Waals surface area contributed by atoms with Gasteiger partial charge in [0.2, 0.25) is 28.1 Å². The summed E-state index contributed by atoms with van der Waals surface area (Å²) < 4.78 is 101. The maximum Gasteiger partial charge on any atom is 0.416 e. The normalized spacial score (nSPS) is 16.9. The number of aromatic nitrogens is 8. The van der Waals surface area contributed by atoms with Gasteiger partial charge in [-0.2, -0.15) is 45.3 Å². The summed E-state index contributed by atoms with van der Waals surface area (Å²) in [5.41, 5.74) is -1.66. The molecule has 4 aromatic heterocycles. The van der Waals surface area contributed by atoms with Crippen LogP contribution in [0.2, 0.25) is 10.0 Å². The molecule has 482 valence electrons. The molecule has 0 radical (unpaired) electrons. The van der Waals surface area contributed by atoms with Gasteiger partial charge in [0.15, 0.2) is 5.82 Å². The highest BCUT2D eigenvalue weighted by molar-refractivity contribution is 9.10. The van der Waals surface area contributed by atoms with E-state index in [1.807, 2.05) is 43.6 Å². The molecule has 3 aliphatic rings. The number of nitrogens with zero attached hydrogens (tertiary/aromatic N) is 12. The molecule has 9 rings (SSSR count). The molecule has 2 atom stereocenters. The van der Waals surface area contributed by atoms with Crippen LogP contribution in [0.25, 0.3) is 17.1 Å². The summed E-state index contributed by atoms with van der Waals surface area (Å²) in [7, 11) is 0. The number of amides is 4. The van der Waals surface area contributed by atoms with Gasteiger partial charge in [-0.1, -0.05) is 43.1 Å². The van der Waals surface area contributed by atoms with Crippen molar-refractivity contribution in [2.24, 2.45) is 0 Å². The number of ether oxygens (including phenoxy) is 3. The largest absolute Gasteiger partial charge is 0.444 e. The topological polar surface area (TPSA) is 237 Å². The predicted molar refractivity (Wildman–Crippen MR) is 324 cm³/mol. The Labute approximate surface area is 525 Å². The first kappa shape index (κ1) is 67.5. The van der Waals surface area contributed by atoms with Crippen LogP contribution < -0.4 is 31.6 Å². The lowest BCUT2D eigenvalue weighted by molar-refractivity contribution is -0.138. The lowest BCUT2D eigenvalue weighted by Crippen LogP contribution is -2.56. The number of fused-ring (bicyclic) bond motifs is 2. The average molecular weight is 1360 g/mol. The van der Waals surface area contributed by atoms with Crippen molar-refractivity contribution in [2.75, 3.05) is 72.9 Å². The van der Waals surface area contributed by atoms with E-state index in [1.165, 1.54) is 9.08 Å². The fourth-order valence-corrected chi connectivity index (χ4v) is 11.2. The number of alkyl halides is 6. The number of nitrogens with one attached hydrogen (secondary N) is 2. The second-order valence-electron chi connectivity index (χ2n) is 23.3. The zero-order valence-corrected chi connectivity index (χ0v) is 53.4. The van der Waals surface area contributed by atoms with E-state index < -0.39 is 69.8 Å². The summed E-state index contributed by atoms with van der Waals surface area (Å²) in [6.07, 6.45) is -7.04. The van der Waals surface area contributed by atoms with Crippen molar-refractivity contribution in [3.8, 4) is 0 Å². The number of carbonyl (C=O) groups excluding carboxylic acids is 4. The van der Waals surface area contributed by atoms with Crippen molar-refractivity contribution in [1.82, 2.24) is 48.1 Å². The Hall–Kier alpha value is -7.44. The Bertz CT molecular complexity index is 3860. The summed E-state index contributed by atoms with van der Waals surface area (Å²) in [5, 5.41) is 13.3. The molecule has 0 unspecified atom stereocenters. The molecule has 23 nitrogen and oxygen atoms in total. The quantitative estimate of drug-likeness (QED) is 0.115. The minimum atomic E-state index is -4.60. The van der Waals surface area contributed by atoms with Crippen molar-refractivity contribution < 1.29 is 59.7 Å². The number of rotatable bonds is 11. The Kier molecular flexibility index (Phi) is 20.1. The second kappa shape index (κ2) is 26.6. The van der Waals surface area contributed by atoms with Crippen molar-refractivity contribution in [3.05, 3.63) is 106 Å². The van der Waals surface area contributed by atoms with E-state index >= 15 is 0 Å². The maximum atomic E-state index is 14.2. The number of carbonyl (C=O) groups is 4. The molecule has 2 fully saturated rings. The standard InChI is InChI=1S/C31H37ClF3N7O5.C26H30BrClF3N7O4/c1-6-23-25(40-12-11-39(16-18(40)2)29(45)47-30(3,4)5)27(44)42-28(37-26(38-42)19-9-13-46-14-10-19)41(23)17-24(43)36-22-8-7-20(15-21(22)32)31(33,34)35;1-6-18-20(36-10-9-35(12-14(36)2)24(41)42-25(3,4)5)21(40)38-23(33-22(27)34-38)37(18)13-19(39)32-17-8-7-15(11-16(17)28)26(29,30)31/h7-9,15,18H,6,10-14,16-17H2,1-5H3,(H,36,43);7-8,11,14H,6,9-10,12-13H2,1-5H3,(H,32,39)/t18-;14-/m11/s1. The molecular formula is C57H67BrCl2F6N14O9. The first-order chi connectivity index (χ1) is 41.6. The Morgan fingerprint density at radius 3 is 1.46 bits per heavy atom. The number of hydrogen-bond donors (Lipinski definition) is 2. The van der Waals surface area contributed by atoms with Crippen LogP contribution in [0.1, 0.15) is 104 Å². The van der Waals surface area contributed by atoms with E-state index in [4.69, 9.17) is 37.4 Å². The third kappa shape index (κ3) is 15.6. The van der Waals surface area contributed by atoms with Crippen LogP contribution in [0.4, 0.5) is 58.7 Å². The van der Waals surface area contributed by atoms with Gasteiger partial charge in [0.1, 0.15) is 35.7 Å². The monoisotopic (exact) mass is 1350 g/mol. The molecule has 32 heteroatoms.